The highest BCUT2D eigenvalue weighted by molar-refractivity contribution is 5.19. The molecule has 1 aromatic rings. The molecule has 0 amide bonds. The molecule has 0 aliphatic heterocycles. The summed E-state index contributed by atoms with van der Waals surface area (Å²) in [5.74, 6) is 0.386. The fraction of sp³-hybridized carbons (Fsp3) is 0.615. The van der Waals surface area contributed by atoms with Gasteiger partial charge >= 0.3 is 0 Å². The van der Waals surface area contributed by atoms with Crippen LogP contribution in [0.15, 0.2) is 12.4 Å². The van der Waals surface area contributed by atoms with E-state index in [1.54, 1.807) is 17.2 Å². The first-order valence-electron chi connectivity index (χ1n) is 6.35. The van der Waals surface area contributed by atoms with E-state index < -0.39 is 0 Å². The van der Waals surface area contributed by atoms with Crippen molar-refractivity contribution in [2.24, 2.45) is 0 Å². The van der Waals surface area contributed by atoms with Crippen LogP contribution in [0.5, 0.6) is 0 Å². The summed E-state index contributed by atoms with van der Waals surface area (Å²) in [6.45, 7) is 6.27. The highest BCUT2D eigenvalue weighted by atomic mass is 15.3. The fourth-order valence-electron chi connectivity index (χ4n) is 2.05. The molecule has 4 nitrogen and oxygen atoms in total. The van der Waals surface area contributed by atoms with Crippen molar-refractivity contribution >= 4 is 6.20 Å². The number of allylic oxidation sites excluding steroid dienone is 1. The van der Waals surface area contributed by atoms with Gasteiger partial charge in [-0.3, -0.25) is 5.41 Å². The number of rotatable bonds is 6. The predicted molar refractivity (Wildman–Crippen MR) is 69.4 cm³/mol. The number of hydrogen-bond donors (Lipinski definition) is 1. The van der Waals surface area contributed by atoms with Gasteiger partial charge in [0.2, 0.25) is 0 Å². The zero-order valence-corrected chi connectivity index (χ0v) is 11.0. The second-order valence-electron chi connectivity index (χ2n) is 4.20. The van der Waals surface area contributed by atoms with Gasteiger partial charge in [-0.15, -0.1) is 0 Å². The predicted octanol–water partition coefficient (Wildman–Crippen LogP) is 2.93. The summed E-state index contributed by atoms with van der Waals surface area (Å²) in [5, 5.41) is 12.2. The van der Waals surface area contributed by atoms with Crippen LogP contribution in [-0.4, -0.2) is 14.8 Å². The van der Waals surface area contributed by atoms with Crippen molar-refractivity contribution in [3.63, 3.8) is 0 Å². The van der Waals surface area contributed by atoms with Crippen LogP contribution in [-0.2, 0) is 0 Å². The smallest absolute Gasteiger partial charge is 0.168 e. The molecule has 0 spiro atoms. The molecule has 94 valence electrons. The van der Waals surface area contributed by atoms with Crippen LogP contribution in [0.3, 0.4) is 0 Å². The largest absolute Gasteiger partial charge is 0.281 e. The topological polar surface area (TPSA) is 54.6 Å². The maximum absolute atomic E-state index is 8.12. The molecule has 17 heavy (non-hydrogen) atoms. The number of nitrogens with zero attached hydrogens (tertiary/aromatic N) is 3. The van der Waals surface area contributed by atoms with Crippen LogP contribution < -0.4 is 5.49 Å². The molecule has 0 aliphatic rings. The molecule has 1 N–H and O–H groups in total. The van der Waals surface area contributed by atoms with Gasteiger partial charge in [-0.1, -0.05) is 32.8 Å². The third-order valence-corrected chi connectivity index (χ3v) is 2.80. The summed E-state index contributed by atoms with van der Waals surface area (Å²) in [6, 6.07) is 0. The molecule has 0 saturated heterocycles. The van der Waals surface area contributed by atoms with Crippen LogP contribution in [0.1, 0.15) is 58.1 Å². The van der Waals surface area contributed by atoms with E-state index in [9.17, 15) is 0 Å². The molecular formula is C13H22N4. The lowest BCUT2D eigenvalue weighted by atomic mass is 9.95. The van der Waals surface area contributed by atoms with Crippen molar-refractivity contribution < 1.29 is 0 Å². The van der Waals surface area contributed by atoms with Crippen LogP contribution >= 0.6 is 0 Å². The molecule has 0 radical (unpaired) electrons. The highest BCUT2D eigenvalue weighted by Crippen LogP contribution is 2.21. The first kappa shape index (κ1) is 13.6. The van der Waals surface area contributed by atoms with Crippen LogP contribution in [0.4, 0.5) is 0 Å². The van der Waals surface area contributed by atoms with Gasteiger partial charge in [0, 0.05) is 12.1 Å². The Kier molecular flexibility index (Phi) is 5.60. The van der Waals surface area contributed by atoms with Gasteiger partial charge in [-0.2, -0.15) is 5.10 Å². The first-order chi connectivity index (χ1) is 8.24. The number of hydrogen-bond acceptors (Lipinski definition) is 3. The van der Waals surface area contributed by atoms with E-state index in [2.05, 4.69) is 23.9 Å². The minimum absolute atomic E-state index is 0.386. The molecule has 0 atom stereocenters. The second-order valence-corrected chi connectivity index (χ2v) is 4.20. The van der Waals surface area contributed by atoms with E-state index in [-0.39, 0.29) is 0 Å². The van der Waals surface area contributed by atoms with Gasteiger partial charge in [-0.25, -0.2) is 9.67 Å². The normalized spacial score (nSPS) is 11.5. The lowest BCUT2D eigenvalue weighted by Gasteiger charge is -2.15. The second kappa shape index (κ2) is 6.99. The average molecular weight is 234 g/mol. The Hall–Kier alpha value is -1.45. The summed E-state index contributed by atoms with van der Waals surface area (Å²) in [6.07, 6.45) is 9.65. The lowest BCUT2D eigenvalue weighted by molar-refractivity contribution is 0.529. The summed E-state index contributed by atoms with van der Waals surface area (Å²) in [4.78, 5) is 4.31. The number of nitrogens with one attached hydrogen (secondary N) is 1. The Morgan fingerprint density at radius 1 is 1.35 bits per heavy atom. The Morgan fingerprint density at radius 3 is 2.53 bits per heavy atom. The van der Waals surface area contributed by atoms with E-state index in [0.29, 0.717) is 11.4 Å². The van der Waals surface area contributed by atoms with E-state index in [1.807, 2.05) is 13.0 Å². The monoisotopic (exact) mass is 234 g/mol. The van der Waals surface area contributed by atoms with Gasteiger partial charge in [0.15, 0.2) is 5.49 Å². The standard InChI is InChI=1S/C13H22N4/c1-4-7-11(8-5-2)12-13(14)17(9-6-3)16-10-15-12/h6,9-11,14H,4-5,7-8H2,1-3H3/b9-6-,14-13?. The van der Waals surface area contributed by atoms with Crippen LogP contribution in [0.25, 0.3) is 6.20 Å². The Labute approximate surface area is 103 Å². The van der Waals surface area contributed by atoms with E-state index >= 15 is 0 Å². The maximum Gasteiger partial charge on any atom is 0.168 e. The average Bonchev–Trinajstić information content (AvgIpc) is 2.32. The van der Waals surface area contributed by atoms with E-state index in [4.69, 9.17) is 5.41 Å². The Bertz CT molecular complexity index is 414. The molecule has 0 bridgehead atoms. The third kappa shape index (κ3) is 3.51. The Morgan fingerprint density at radius 2 is 2.00 bits per heavy atom. The molecule has 1 aromatic heterocycles. The molecule has 1 heterocycles. The maximum atomic E-state index is 8.12. The Balaban J connectivity index is 3.10. The first-order valence-corrected chi connectivity index (χ1v) is 6.35. The van der Waals surface area contributed by atoms with Gasteiger partial charge < -0.3 is 0 Å². The van der Waals surface area contributed by atoms with Gasteiger partial charge in [0.1, 0.15) is 6.33 Å². The summed E-state index contributed by atoms with van der Waals surface area (Å²) >= 11 is 0. The van der Waals surface area contributed by atoms with Crippen LogP contribution in [0.2, 0.25) is 0 Å². The van der Waals surface area contributed by atoms with Gasteiger partial charge in [-0.05, 0) is 19.8 Å². The SMILES string of the molecule is C/C=C\n1ncnc(C(CCC)CCC)c1=N. The van der Waals surface area contributed by atoms with Crippen molar-refractivity contribution in [3.05, 3.63) is 23.6 Å². The quantitative estimate of drug-likeness (QED) is 0.822. The molecule has 0 fully saturated rings. The van der Waals surface area contributed by atoms with E-state index in [1.165, 1.54) is 0 Å². The number of aromatic nitrogens is 3. The van der Waals surface area contributed by atoms with Crippen molar-refractivity contribution in [2.45, 2.75) is 52.4 Å². The zero-order chi connectivity index (χ0) is 12.7. The molecular weight excluding hydrogens is 212 g/mol. The fourth-order valence-corrected chi connectivity index (χ4v) is 2.05. The van der Waals surface area contributed by atoms with Crippen molar-refractivity contribution in [3.8, 4) is 0 Å². The van der Waals surface area contributed by atoms with Crippen molar-refractivity contribution in [1.82, 2.24) is 14.8 Å². The van der Waals surface area contributed by atoms with Crippen LogP contribution in [0, 0.1) is 5.41 Å². The van der Waals surface area contributed by atoms with Crippen molar-refractivity contribution in [2.75, 3.05) is 0 Å². The third-order valence-electron chi connectivity index (χ3n) is 2.80. The lowest BCUT2D eigenvalue weighted by Crippen LogP contribution is -2.26. The van der Waals surface area contributed by atoms with Crippen molar-refractivity contribution in [1.29, 1.82) is 5.41 Å². The molecule has 0 aromatic carbocycles. The molecule has 0 aliphatic carbocycles. The van der Waals surface area contributed by atoms with Gasteiger partial charge in [0.25, 0.3) is 0 Å². The van der Waals surface area contributed by atoms with E-state index in [0.717, 1.165) is 31.4 Å². The summed E-state index contributed by atoms with van der Waals surface area (Å²) < 4.78 is 1.58. The van der Waals surface area contributed by atoms with Gasteiger partial charge in [0.05, 0.1) is 5.69 Å². The molecule has 1 rings (SSSR count). The highest BCUT2D eigenvalue weighted by Gasteiger charge is 2.14. The zero-order valence-electron chi connectivity index (χ0n) is 11.0. The molecule has 0 unspecified atom stereocenters. The minimum Gasteiger partial charge on any atom is -0.281 e. The molecule has 0 saturated carbocycles. The molecule has 4 heteroatoms. The summed E-state index contributed by atoms with van der Waals surface area (Å²) in [5.41, 5.74) is 1.29. The summed E-state index contributed by atoms with van der Waals surface area (Å²) in [7, 11) is 0. The minimum atomic E-state index is 0.386.